The van der Waals surface area contributed by atoms with E-state index in [0.29, 0.717) is 68.6 Å². The summed E-state index contributed by atoms with van der Waals surface area (Å²) in [5.74, 6) is -7.46. The number of nitrogens with one attached hydrogen (secondary N) is 5. The van der Waals surface area contributed by atoms with Crippen LogP contribution in [0.25, 0.3) is 0 Å². The van der Waals surface area contributed by atoms with Crippen molar-refractivity contribution in [1.29, 1.82) is 0 Å². The Kier molecular flexibility index (Phi) is 32.6. The van der Waals surface area contributed by atoms with Gasteiger partial charge in [-0.05, 0) is 139 Å². The average molecular weight is 1400 g/mol. The molecule has 1 aliphatic heterocycles. The van der Waals surface area contributed by atoms with Crippen molar-refractivity contribution in [2.75, 3.05) is 105 Å². The molecule has 0 radical (unpaired) electrons. The molecule has 0 aliphatic carbocycles. The molecule has 0 aromatic heterocycles. The fraction of sp³-hybridized carbons (Fsp3) is 0.603. The number of unbranched alkanes of at least 4 members (excludes halogenated alkanes) is 2. The van der Waals surface area contributed by atoms with E-state index in [4.69, 9.17) is 14.6 Å². The van der Waals surface area contributed by atoms with Crippen LogP contribution in [0.1, 0.15) is 119 Å². The molecule has 1 fully saturated rings. The number of carboxylic acids is 4. The normalized spacial score (nSPS) is 14.8. The van der Waals surface area contributed by atoms with Crippen molar-refractivity contribution >= 4 is 104 Å². The smallest absolute Gasteiger partial charge is 0.326 e. The molecule has 2 aromatic rings. The molecular weight excluding hydrogens is 1310 g/mol. The van der Waals surface area contributed by atoms with Crippen LogP contribution in [0.5, 0.6) is 0 Å². The second-order valence-corrected chi connectivity index (χ2v) is 25.1. The second kappa shape index (κ2) is 38.0. The molecule has 1 heterocycles. The van der Waals surface area contributed by atoms with Crippen molar-refractivity contribution in [3.05, 3.63) is 67.2 Å². The van der Waals surface area contributed by atoms with Gasteiger partial charge in [0.25, 0.3) is 11.8 Å². The summed E-state index contributed by atoms with van der Waals surface area (Å²) in [6.45, 7) is 13.7. The number of esters is 2. The van der Waals surface area contributed by atoms with Crippen LogP contribution in [0.3, 0.4) is 0 Å². The van der Waals surface area contributed by atoms with Crippen LogP contribution in [0, 0.1) is 3.57 Å². The van der Waals surface area contributed by atoms with Gasteiger partial charge in [0.2, 0.25) is 11.8 Å². The second-order valence-electron chi connectivity index (χ2n) is 23.0. The summed E-state index contributed by atoms with van der Waals surface area (Å²) in [6, 6.07) is 8.05. The van der Waals surface area contributed by atoms with Gasteiger partial charge in [0, 0.05) is 117 Å². The Morgan fingerprint density at radius 1 is 0.563 bits per heavy atom. The number of halogens is 2. The molecule has 6 amide bonds. The lowest BCUT2D eigenvalue weighted by Gasteiger charge is -2.33. The van der Waals surface area contributed by atoms with Crippen LogP contribution in [-0.2, 0) is 54.4 Å². The number of carbonyl (C=O) groups is 11. The predicted octanol–water partition coefficient (Wildman–Crippen LogP) is 3.06. The summed E-state index contributed by atoms with van der Waals surface area (Å²) in [5.41, 5.74) is -0.138. The lowest BCUT2D eigenvalue weighted by molar-refractivity contribution is -0.158. The summed E-state index contributed by atoms with van der Waals surface area (Å²) in [7, 11) is 0. The molecule has 0 spiro atoms. The van der Waals surface area contributed by atoms with Crippen molar-refractivity contribution in [2.24, 2.45) is 0 Å². The van der Waals surface area contributed by atoms with Crippen LogP contribution >= 0.6 is 38.5 Å². The van der Waals surface area contributed by atoms with Gasteiger partial charge < -0.3 is 61.4 Å². The summed E-state index contributed by atoms with van der Waals surface area (Å²) < 4.78 is 12.6. The monoisotopic (exact) mass is 1400 g/mol. The van der Waals surface area contributed by atoms with Gasteiger partial charge in [0.1, 0.15) is 23.3 Å². The van der Waals surface area contributed by atoms with Crippen molar-refractivity contribution in [2.45, 2.75) is 123 Å². The van der Waals surface area contributed by atoms with E-state index in [2.05, 4.69) is 42.5 Å². The minimum atomic E-state index is -1.55. The highest BCUT2D eigenvalue weighted by molar-refractivity contribution is 14.1. The van der Waals surface area contributed by atoms with E-state index in [-0.39, 0.29) is 108 Å². The number of nitrogens with zero attached hydrogens (tertiary/aromatic N) is 5. The summed E-state index contributed by atoms with van der Waals surface area (Å²) in [5, 5.41) is 50.5. The minimum Gasteiger partial charge on any atom is -0.481 e. The van der Waals surface area contributed by atoms with Gasteiger partial charge in [0.15, 0.2) is 0 Å². The van der Waals surface area contributed by atoms with Crippen molar-refractivity contribution < 1.29 is 82.6 Å². The first-order valence-electron chi connectivity index (χ1n) is 28.8. The molecule has 87 heavy (non-hydrogen) atoms. The van der Waals surface area contributed by atoms with Crippen molar-refractivity contribution in [3.8, 4) is 0 Å². The third kappa shape index (κ3) is 32.9. The first kappa shape index (κ1) is 74.7. The SMILES string of the molecule is CC(C)(C)OC(=O)CN1CCN(CC(=O)O)CCN(CC(=O)NCCNC(=O)c2cc([125I])cc(C(=O)NCCCCC(=O)N(CCCC[C@H](NC(=O)N[C@@H](CCC(=O)O)C(=O)O)C(=O)O)Cc3ccc(Br)cc3)c2)CCN(CC(=O)OC(C)(C)C)CC1. The topological polar surface area (TPSA) is 364 Å². The first-order valence-corrected chi connectivity index (χ1v) is 30.7. The lowest BCUT2D eigenvalue weighted by Crippen LogP contribution is -2.51. The van der Waals surface area contributed by atoms with E-state index in [9.17, 15) is 68.1 Å². The maximum absolute atomic E-state index is 13.6. The summed E-state index contributed by atoms with van der Waals surface area (Å²) in [6.07, 6.45) is 0.620. The summed E-state index contributed by atoms with van der Waals surface area (Å²) >= 11 is 5.41. The van der Waals surface area contributed by atoms with E-state index in [0.717, 1.165) is 10.0 Å². The van der Waals surface area contributed by atoms with Crippen LogP contribution in [0.2, 0.25) is 0 Å². The van der Waals surface area contributed by atoms with E-state index in [1.807, 2.05) is 61.6 Å². The molecular formula is C58H86BrIN10O17. The Bertz CT molecular complexity index is 2660. The maximum atomic E-state index is 13.6. The van der Waals surface area contributed by atoms with Gasteiger partial charge in [-0.2, -0.15) is 0 Å². The van der Waals surface area contributed by atoms with Gasteiger partial charge >= 0.3 is 41.8 Å². The third-order valence-electron chi connectivity index (χ3n) is 13.1. The Morgan fingerprint density at radius 2 is 1.02 bits per heavy atom. The van der Waals surface area contributed by atoms with Gasteiger partial charge in [-0.3, -0.25) is 58.0 Å². The number of hydrogen-bond acceptors (Lipinski definition) is 17. The van der Waals surface area contributed by atoms with Gasteiger partial charge in [-0.25, -0.2) is 14.4 Å². The number of rotatable bonds is 32. The molecule has 3 rings (SSSR count). The number of urea groups is 1. The molecule has 0 unspecified atom stereocenters. The zero-order valence-corrected chi connectivity index (χ0v) is 54.2. The number of benzene rings is 2. The molecule has 9 N–H and O–H groups in total. The molecule has 484 valence electrons. The molecule has 0 bridgehead atoms. The zero-order valence-electron chi connectivity index (χ0n) is 50.5. The van der Waals surface area contributed by atoms with Crippen LogP contribution in [0.4, 0.5) is 4.79 Å². The lowest BCUT2D eigenvalue weighted by atomic mass is 10.1. The number of carbonyl (C=O) groups excluding carboxylic acids is 7. The average Bonchev–Trinajstić information content (AvgIpc) is 3.46. The highest BCUT2D eigenvalue weighted by Crippen LogP contribution is 2.17. The Labute approximate surface area is 529 Å². The number of aliphatic carboxylic acids is 4. The number of amides is 6. The number of ether oxygens (including phenoxy) is 2. The van der Waals surface area contributed by atoms with Gasteiger partial charge in [-0.15, -0.1) is 0 Å². The highest BCUT2D eigenvalue weighted by Gasteiger charge is 2.28. The Morgan fingerprint density at radius 3 is 1.49 bits per heavy atom. The highest BCUT2D eigenvalue weighted by atomic mass is 125. The quantitative estimate of drug-likeness (QED) is 0.0289. The predicted molar refractivity (Wildman–Crippen MR) is 331 cm³/mol. The molecule has 29 heteroatoms. The maximum Gasteiger partial charge on any atom is 0.326 e. The fourth-order valence-electron chi connectivity index (χ4n) is 8.86. The van der Waals surface area contributed by atoms with E-state index < -0.39 is 89.8 Å². The number of hydrogen-bond donors (Lipinski definition) is 9. The Hall–Kier alpha value is -6.54. The van der Waals surface area contributed by atoms with Crippen molar-refractivity contribution in [3.63, 3.8) is 0 Å². The van der Waals surface area contributed by atoms with Crippen LogP contribution in [-0.4, -0.2) is 238 Å². The molecule has 27 nitrogen and oxygen atoms in total. The first-order chi connectivity index (χ1) is 40.8. The molecule has 1 aliphatic rings. The molecule has 2 atom stereocenters. The zero-order chi connectivity index (χ0) is 64.9. The van der Waals surface area contributed by atoms with Gasteiger partial charge in [0.05, 0.1) is 26.2 Å². The third-order valence-corrected chi connectivity index (χ3v) is 14.3. The molecule has 1 saturated heterocycles. The molecule has 0 saturated carbocycles. The number of carboxylic acid groups (broad SMARTS) is 4. The van der Waals surface area contributed by atoms with E-state index in [1.54, 1.807) is 63.5 Å². The fourth-order valence-corrected chi connectivity index (χ4v) is 9.80. The summed E-state index contributed by atoms with van der Waals surface area (Å²) in [4.78, 5) is 147. The molecule has 2 aromatic carbocycles. The largest absolute Gasteiger partial charge is 0.481 e. The minimum absolute atomic E-state index is 0.0350. The Balaban J connectivity index is 1.54. The van der Waals surface area contributed by atoms with Crippen LogP contribution < -0.4 is 26.6 Å². The van der Waals surface area contributed by atoms with Gasteiger partial charge in [-0.1, -0.05) is 28.1 Å². The van der Waals surface area contributed by atoms with Crippen LogP contribution in [0.15, 0.2) is 46.9 Å². The van der Waals surface area contributed by atoms with Crippen molar-refractivity contribution in [1.82, 2.24) is 51.1 Å². The standard InChI is InChI=1S/C58H86BrIN10O17/c1-57(2,3)86-50(77)37-68-27-24-66(23-25-67(36-49(75)76)26-28-69(30-29-68)38-51(78)87-58(4,5)6)35-46(71)61-20-21-63-53(80)41-31-40(32-43(60)33-41)52(79)62-19-9-7-12-47(72)70(34-39-13-15-42(59)16-14-39)22-10-8-11-44(54(81)82)64-56(85)65-45(55(83)84)17-18-48(73)74/h13-16,31-33,44-45H,7-12,17-30,34-38H2,1-6H3,(H,61,71)(H,62,79)(H,63,80)(H,73,74)(H,75,76)(H,81,82)(H,83,84)(H2,64,65,85)/t44-,45-/m0/s1/i60-2. The van der Waals surface area contributed by atoms with E-state index in [1.165, 1.54) is 6.07 Å². The van der Waals surface area contributed by atoms with E-state index >= 15 is 0 Å².